The van der Waals surface area contributed by atoms with Gasteiger partial charge in [-0.25, -0.2) is 4.79 Å². The Morgan fingerprint density at radius 2 is 1.76 bits per heavy atom. The van der Waals surface area contributed by atoms with Crippen LogP contribution < -0.4 is 0 Å². The van der Waals surface area contributed by atoms with E-state index in [4.69, 9.17) is 0 Å². The Labute approximate surface area is 98.0 Å². The molecule has 1 N–H and O–H groups in total. The second-order valence-corrected chi connectivity index (χ2v) is 3.70. The molecule has 0 unspecified atom stereocenters. The van der Waals surface area contributed by atoms with Gasteiger partial charge < -0.3 is 9.84 Å². The van der Waals surface area contributed by atoms with Crippen LogP contribution in [0.5, 0.6) is 5.75 Å². The average Bonchev–Trinajstić information content (AvgIpc) is 2.29. The standard InChI is InChI=1S/C11H13NO5/c1-5-6(2)10(13)7(3)8(11(14)17-4)9(5)12(15)16/h13H,1-4H3. The molecule has 0 radical (unpaired) electrons. The summed E-state index contributed by atoms with van der Waals surface area (Å²) < 4.78 is 4.50. The number of carbonyl (C=O) groups is 1. The van der Waals surface area contributed by atoms with E-state index < -0.39 is 10.9 Å². The molecule has 0 heterocycles. The number of rotatable bonds is 2. The van der Waals surface area contributed by atoms with E-state index in [1.54, 1.807) is 6.92 Å². The molecule has 0 saturated heterocycles. The number of hydrogen-bond donors (Lipinski definition) is 1. The first kappa shape index (κ1) is 13.0. The summed E-state index contributed by atoms with van der Waals surface area (Å²) in [7, 11) is 1.14. The normalized spacial score (nSPS) is 10.1. The number of aromatic hydroxyl groups is 1. The number of nitro benzene ring substituents is 1. The van der Waals surface area contributed by atoms with Gasteiger partial charge in [0.2, 0.25) is 0 Å². The van der Waals surface area contributed by atoms with Crippen molar-refractivity contribution in [2.24, 2.45) is 0 Å². The fourth-order valence-corrected chi connectivity index (χ4v) is 1.70. The lowest BCUT2D eigenvalue weighted by Gasteiger charge is -2.12. The molecule has 0 bridgehead atoms. The molecule has 0 aliphatic carbocycles. The molecular weight excluding hydrogens is 226 g/mol. The topological polar surface area (TPSA) is 89.7 Å². The molecule has 0 atom stereocenters. The molecule has 0 aromatic heterocycles. The van der Waals surface area contributed by atoms with E-state index in [9.17, 15) is 20.0 Å². The van der Waals surface area contributed by atoms with Crippen molar-refractivity contribution in [1.82, 2.24) is 0 Å². The Bertz CT molecular complexity index is 507. The van der Waals surface area contributed by atoms with Gasteiger partial charge in [0.05, 0.1) is 12.0 Å². The average molecular weight is 239 g/mol. The van der Waals surface area contributed by atoms with Crippen LogP contribution in [0.15, 0.2) is 0 Å². The van der Waals surface area contributed by atoms with Crippen LogP contribution in [0.1, 0.15) is 27.0 Å². The van der Waals surface area contributed by atoms with Crippen molar-refractivity contribution in [2.45, 2.75) is 20.8 Å². The lowest BCUT2D eigenvalue weighted by Crippen LogP contribution is -2.10. The molecule has 0 spiro atoms. The highest BCUT2D eigenvalue weighted by atomic mass is 16.6. The molecule has 1 aromatic carbocycles. The van der Waals surface area contributed by atoms with Gasteiger partial charge in [0.1, 0.15) is 11.3 Å². The van der Waals surface area contributed by atoms with Crippen molar-refractivity contribution in [3.8, 4) is 5.75 Å². The smallest absolute Gasteiger partial charge is 0.345 e. The number of carbonyl (C=O) groups excluding carboxylic acids is 1. The summed E-state index contributed by atoms with van der Waals surface area (Å²) in [5, 5.41) is 20.8. The first-order valence-electron chi connectivity index (χ1n) is 4.88. The van der Waals surface area contributed by atoms with E-state index in [0.29, 0.717) is 5.56 Å². The zero-order valence-electron chi connectivity index (χ0n) is 10.0. The molecule has 0 aliphatic rings. The first-order chi connectivity index (χ1) is 7.82. The van der Waals surface area contributed by atoms with E-state index in [1.165, 1.54) is 13.8 Å². The highest BCUT2D eigenvalue weighted by molar-refractivity contribution is 5.97. The van der Waals surface area contributed by atoms with Gasteiger partial charge in [-0.3, -0.25) is 10.1 Å². The predicted octanol–water partition coefficient (Wildman–Crippen LogP) is 2.01. The van der Waals surface area contributed by atoms with Crippen LogP contribution in [-0.2, 0) is 4.74 Å². The third-order valence-corrected chi connectivity index (χ3v) is 2.81. The fraction of sp³-hybridized carbons (Fsp3) is 0.364. The summed E-state index contributed by atoms with van der Waals surface area (Å²) in [5.41, 5.74) is 0.301. The second kappa shape index (κ2) is 4.40. The molecule has 1 aromatic rings. The van der Waals surface area contributed by atoms with Gasteiger partial charge in [0.15, 0.2) is 0 Å². The van der Waals surface area contributed by atoms with Crippen LogP contribution in [0.4, 0.5) is 5.69 Å². The third kappa shape index (κ3) is 1.93. The molecule has 92 valence electrons. The number of phenols is 1. The largest absolute Gasteiger partial charge is 0.507 e. The molecular formula is C11H13NO5. The lowest BCUT2D eigenvalue weighted by molar-refractivity contribution is -0.385. The van der Waals surface area contributed by atoms with Crippen molar-refractivity contribution in [3.63, 3.8) is 0 Å². The number of phenolic OH excluding ortho intramolecular Hbond substituents is 1. The number of nitro groups is 1. The van der Waals surface area contributed by atoms with Gasteiger partial charge in [0.25, 0.3) is 5.69 Å². The van der Waals surface area contributed by atoms with Gasteiger partial charge >= 0.3 is 5.97 Å². The number of benzene rings is 1. The maximum absolute atomic E-state index is 11.5. The van der Waals surface area contributed by atoms with Crippen molar-refractivity contribution in [3.05, 3.63) is 32.4 Å². The van der Waals surface area contributed by atoms with Crippen LogP contribution >= 0.6 is 0 Å². The minimum atomic E-state index is -0.826. The van der Waals surface area contributed by atoms with Gasteiger partial charge in [-0.05, 0) is 20.8 Å². The molecule has 0 fully saturated rings. The zero-order valence-corrected chi connectivity index (χ0v) is 10.0. The number of methoxy groups -OCH3 is 1. The molecule has 17 heavy (non-hydrogen) atoms. The van der Waals surface area contributed by atoms with E-state index in [2.05, 4.69) is 4.74 Å². The molecule has 0 saturated carbocycles. The van der Waals surface area contributed by atoms with Crippen molar-refractivity contribution in [2.75, 3.05) is 7.11 Å². The van der Waals surface area contributed by atoms with Crippen molar-refractivity contribution in [1.29, 1.82) is 0 Å². The Morgan fingerprint density at radius 1 is 1.24 bits per heavy atom. The van der Waals surface area contributed by atoms with Gasteiger partial charge in [-0.2, -0.15) is 0 Å². The SMILES string of the molecule is COC(=O)c1c(C)c(O)c(C)c(C)c1[N+](=O)[O-]. The maximum Gasteiger partial charge on any atom is 0.345 e. The maximum atomic E-state index is 11.5. The first-order valence-corrected chi connectivity index (χ1v) is 4.88. The molecule has 1 rings (SSSR count). The summed E-state index contributed by atoms with van der Waals surface area (Å²) in [6.07, 6.45) is 0. The number of esters is 1. The molecule has 0 aliphatic heterocycles. The van der Waals surface area contributed by atoms with Crippen LogP contribution in [0.2, 0.25) is 0 Å². The minimum absolute atomic E-state index is 0.117. The molecule has 6 nitrogen and oxygen atoms in total. The molecule has 6 heteroatoms. The number of hydrogen-bond acceptors (Lipinski definition) is 5. The Balaban J connectivity index is 3.78. The van der Waals surface area contributed by atoms with E-state index in [-0.39, 0.29) is 28.1 Å². The number of ether oxygens (including phenoxy) is 1. The van der Waals surface area contributed by atoms with E-state index in [1.807, 2.05) is 0 Å². The van der Waals surface area contributed by atoms with Crippen LogP contribution in [0.3, 0.4) is 0 Å². The Hall–Kier alpha value is -2.11. The van der Waals surface area contributed by atoms with Gasteiger partial charge in [0, 0.05) is 16.7 Å². The summed E-state index contributed by atoms with van der Waals surface area (Å²) in [6.45, 7) is 4.49. The fourth-order valence-electron chi connectivity index (χ4n) is 1.70. The summed E-state index contributed by atoms with van der Waals surface area (Å²) in [6, 6.07) is 0. The zero-order chi connectivity index (χ0) is 13.3. The van der Waals surface area contributed by atoms with Crippen LogP contribution in [-0.4, -0.2) is 23.1 Å². The van der Waals surface area contributed by atoms with Crippen LogP contribution in [0, 0.1) is 30.9 Å². The van der Waals surface area contributed by atoms with Gasteiger partial charge in [-0.1, -0.05) is 0 Å². The van der Waals surface area contributed by atoms with E-state index >= 15 is 0 Å². The van der Waals surface area contributed by atoms with Crippen LogP contribution in [0.25, 0.3) is 0 Å². The Morgan fingerprint density at radius 3 is 2.18 bits per heavy atom. The Kier molecular flexibility index (Phi) is 3.36. The summed E-state index contributed by atoms with van der Waals surface area (Å²) in [5.74, 6) is -0.943. The summed E-state index contributed by atoms with van der Waals surface area (Å²) >= 11 is 0. The predicted molar refractivity (Wildman–Crippen MR) is 60.3 cm³/mol. The number of nitrogens with zero attached hydrogens (tertiary/aromatic N) is 1. The van der Waals surface area contributed by atoms with Crippen molar-refractivity contribution >= 4 is 11.7 Å². The third-order valence-electron chi connectivity index (χ3n) is 2.81. The quantitative estimate of drug-likeness (QED) is 0.484. The highest BCUT2D eigenvalue weighted by Gasteiger charge is 2.30. The van der Waals surface area contributed by atoms with E-state index in [0.717, 1.165) is 7.11 Å². The highest BCUT2D eigenvalue weighted by Crippen LogP contribution is 2.36. The second-order valence-electron chi connectivity index (χ2n) is 3.70. The lowest BCUT2D eigenvalue weighted by atomic mass is 9.96. The molecule has 0 amide bonds. The summed E-state index contributed by atoms with van der Waals surface area (Å²) in [4.78, 5) is 21.9. The van der Waals surface area contributed by atoms with Gasteiger partial charge in [-0.15, -0.1) is 0 Å². The van der Waals surface area contributed by atoms with Crippen molar-refractivity contribution < 1.29 is 19.6 Å². The monoisotopic (exact) mass is 239 g/mol. The minimum Gasteiger partial charge on any atom is -0.507 e.